The SMILES string of the molecule is [CH2-]C1COCC1=[C-]C.[CH]1[CH][CH][CH][CH]1.[CH]1[CH][CH][CH][CH]1.[Ti+2]. The number of ether oxygens (including phenoxy) is 1. The van der Waals surface area contributed by atoms with Crippen LogP contribution >= 0.6 is 0 Å². The fourth-order valence-corrected chi connectivity index (χ4v) is 1.45. The van der Waals surface area contributed by atoms with E-state index in [1.54, 1.807) is 0 Å². The molecule has 3 aliphatic rings. The molecule has 1 aliphatic heterocycles. The van der Waals surface area contributed by atoms with E-state index in [1.807, 2.05) is 71.1 Å². The van der Waals surface area contributed by atoms with Gasteiger partial charge in [-0.1, -0.05) is 0 Å². The first-order valence-electron chi connectivity index (χ1n) is 6.12. The van der Waals surface area contributed by atoms with Crippen molar-refractivity contribution in [3.63, 3.8) is 0 Å². The minimum absolute atomic E-state index is 0. The monoisotopic (exact) mass is 288 g/mol. The van der Waals surface area contributed by atoms with Crippen molar-refractivity contribution < 1.29 is 26.5 Å². The third-order valence-corrected chi connectivity index (χ3v) is 2.50. The summed E-state index contributed by atoms with van der Waals surface area (Å²) in [6, 6.07) is 0. The van der Waals surface area contributed by atoms with Crippen LogP contribution in [0.2, 0.25) is 0 Å². The van der Waals surface area contributed by atoms with E-state index in [-0.39, 0.29) is 21.7 Å². The summed E-state index contributed by atoms with van der Waals surface area (Å²) >= 11 is 0. The zero-order valence-electron chi connectivity index (χ0n) is 11.4. The number of hydrogen-bond donors (Lipinski definition) is 0. The second-order valence-electron chi connectivity index (χ2n) is 3.91. The topological polar surface area (TPSA) is 9.23 Å². The number of rotatable bonds is 0. The normalized spacial score (nSPS) is 27.1. The molecule has 0 aromatic heterocycles. The van der Waals surface area contributed by atoms with Crippen LogP contribution in [0.25, 0.3) is 0 Å². The van der Waals surface area contributed by atoms with Crippen molar-refractivity contribution >= 4 is 0 Å². The number of hydrogen-bond acceptors (Lipinski definition) is 1. The van der Waals surface area contributed by atoms with Crippen LogP contribution in [0.4, 0.5) is 0 Å². The predicted molar refractivity (Wildman–Crippen MR) is 75.1 cm³/mol. The minimum atomic E-state index is 0. The Labute approximate surface area is 135 Å². The first-order valence-corrected chi connectivity index (χ1v) is 6.12. The quantitative estimate of drug-likeness (QED) is 0.491. The Morgan fingerprint density at radius 1 is 0.947 bits per heavy atom. The molecule has 98 valence electrons. The van der Waals surface area contributed by atoms with Gasteiger partial charge in [-0.2, -0.15) is 12.8 Å². The van der Waals surface area contributed by atoms with Crippen molar-refractivity contribution in [1.29, 1.82) is 0 Å². The van der Waals surface area contributed by atoms with Crippen molar-refractivity contribution in [1.82, 2.24) is 0 Å². The summed E-state index contributed by atoms with van der Waals surface area (Å²) in [4.78, 5) is 0. The molecule has 3 rings (SSSR count). The van der Waals surface area contributed by atoms with Gasteiger partial charge >= 0.3 is 21.7 Å². The summed E-state index contributed by atoms with van der Waals surface area (Å²) in [6.07, 6.45) is 23.0. The van der Waals surface area contributed by atoms with Gasteiger partial charge in [0.2, 0.25) is 0 Å². The zero-order chi connectivity index (χ0) is 13.1. The minimum Gasteiger partial charge on any atom is -0.500 e. The molecule has 0 aromatic carbocycles. The van der Waals surface area contributed by atoms with Crippen LogP contribution in [-0.2, 0) is 26.5 Å². The summed E-state index contributed by atoms with van der Waals surface area (Å²) in [5, 5.41) is 0. The van der Waals surface area contributed by atoms with E-state index in [0.717, 1.165) is 13.2 Å². The van der Waals surface area contributed by atoms with E-state index >= 15 is 0 Å². The second-order valence-corrected chi connectivity index (χ2v) is 3.91. The third kappa shape index (κ3) is 9.88. The van der Waals surface area contributed by atoms with E-state index in [9.17, 15) is 0 Å². The maximum atomic E-state index is 5.10. The molecule has 0 bridgehead atoms. The van der Waals surface area contributed by atoms with Gasteiger partial charge in [0.05, 0.1) is 0 Å². The molecule has 1 saturated heterocycles. The first kappa shape index (κ1) is 19.4. The Hall–Kier alpha value is 0.414. The Morgan fingerprint density at radius 3 is 1.47 bits per heavy atom. The average molecular weight is 288 g/mol. The van der Waals surface area contributed by atoms with Crippen LogP contribution in [-0.4, -0.2) is 13.2 Å². The summed E-state index contributed by atoms with van der Waals surface area (Å²) in [7, 11) is 0. The molecule has 0 amide bonds. The van der Waals surface area contributed by atoms with Crippen molar-refractivity contribution in [2.24, 2.45) is 5.92 Å². The smallest absolute Gasteiger partial charge is 0.500 e. The summed E-state index contributed by atoms with van der Waals surface area (Å²) in [6.45, 7) is 7.28. The zero-order valence-corrected chi connectivity index (χ0v) is 12.9. The fraction of sp³-hybridized carbons (Fsp3) is 0.235. The molecule has 0 N–H and O–H groups in total. The average Bonchev–Trinajstić information content (AvgIpc) is 3.16. The van der Waals surface area contributed by atoms with Gasteiger partial charge in [-0.3, -0.25) is 5.57 Å². The molecule has 10 radical (unpaired) electrons. The van der Waals surface area contributed by atoms with Gasteiger partial charge in [-0.25, -0.2) is 0 Å². The van der Waals surface area contributed by atoms with Crippen LogP contribution in [0.15, 0.2) is 5.57 Å². The Bertz CT molecular complexity index is 192. The van der Waals surface area contributed by atoms with E-state index in [0.29, 0.717) is 5.92 Å². The number of allylic oxidation sites excluding steroid dienone is 1. The molecule has 2 heteroatoms. The van der Waals surface area contributed by atoms with Gasteiger partial charge in [-0.15, -0.1) is 0 Å². The first-order chi connectivity index (χ1) is 8.84. The molecule has 1 unspecified atom stereocenters. The Kier molecular flexibility index (Phi) is 13.7. The second kappa shape index (κ2) is 13.4. The van der Waals surface area contributed by atoms with Gasteiger partial charge < -0.3 is 17.7 Å². The Balaban J connectivity index is 0.000000259. The van der Waals surface area contributed by atoms with Gasteiger partial charge in [-0.05, 0) is 64.2 Å². The van der Waals surface area contributed by atoms with Crippen LogP contribution in [0, 0.1) is 83.1 Å². The van der Waals surface area contributed by atoms with Crippen LogP contribution in [0.1, 0.15) is 6.92 Å². The van der Waals surface area contributed by atoms with E-state index in [2.05, 4.69) is 13.0 Å². The maximum absolute atomic E-state index is 5.10. The summed E-state index contributed by atoms with van der Waals surface area (Å²) in [5.74, 6) is 0.361. The molecular weight excluding hydrogens is 268 g/mol. The molecule has 19 heavy (non-hydrogen) atoms. The van der Waals surface area contributed by atoms with E-state index in [1.165, 1.54) is 5.57 Å². The predicted octanol–water partition coefficient (Wildman–Crippen LogP) is 3.26. The standard InChI is InChI=1S/C7H10O.2C5H5.Ti/c1-3-7-5-8-4-6(7)2;2*1-2-4-5-3-1;/h6H,2,4-5H2,1H3;2*1-5H;/q-2;;;+2. The molecule has 2 aliphatic carbocycles. The molecule has 1 atom stereocenters. The van der Waals surface area contributed by atoms with Crippen LogP contribution in [0.5, 0.6) is 0 Å². The summed E-state index contributed by atoms with van der Waals surface area (Å²) < 4.78 is 5.10. The van der Waals surface area contributed by atoms with Crippen molar-refractivity contribution in [3.8, 4) is 0 Å². The van der Waals surface area contributed by atoms with Crippen molar-refractivity contribution in [3.05, 3.63) is 82.8 Å². The molecule has 0 aromatic rings. The molecule has 0 spiro atoms. The van der Waals surface area contributed by atoms with E-state index < -0.39 is 0 Å². The fourth-order valence-electron chi connectivity index (χ4n) is 1.45. The van der Waals surface area contributed by atoms with Crippen molar-refractivity contribution in [2.75, 3.05) is 13.2 Å². The molecule has 3 fully saturated rings. The van der Waals surface area contributed by atoms with E-state index in [4.69, 9.17) is 4.74 Å². The molecule has 1 heterocycles. The van der Waals surface area contributed by atoms with Gasteiger partial charge in [0.15, 0.2) is 0 Å². The van der Waals surface area contributed by atoms with Gasteiger partial charge in [0.25, 0.3) is 0 Å². The van der Waals surface area contributed by atoms with Crippen LogP contribution < -0.4 is 0 Å². The van der Waals surface area contributed by atoms with Crippen LogP contribution in [0.3, 0.4) is 0 Å². The molecular formula is C17H20OTi. The largest absolute Gasteiger partial charge is 2.00 e. The Morgan fingerprint density at radius 2 is 1.32 bits per heavy atom. The van der Waals surface area contributed by atoms with Gasteiger partial charge in [0, 0.05) is 13.2 Å². The molecule has 2 saturated carbocycles. The third-order valence-electron chi connectivity index (χ3n) is 2.50. The van der Waals surface area contributed by atoms with Gasteiger partial charge in [0.1, 0.15) is 0 Å². The van der Waals surface area contributed by atoms with Crippen molar-refractivity contribution in [2.45, 2.75) is 6.92 Å². The molecule has 1 nitrogen and oxygen atoms in total. The summed E-state index contributed by atoms with van der Waals surface area (Å²) in [5.41, 5.74) is 1.21. The maximum Gasteiger partial charge on any atom is 2.00 e.